The molecule has 1 rings (SSSR count). The molecule has 1 aromatic rings. The molecule has 1 N–H and O–H groups in total. The molecule has 0 saturated carbocycles. The fourth-order valence-electron chi connectivity index (χ4n) is 1.20. The van der Waals surface area contributed by atoms with E-state index in [2.05, 4.69) is 39.0 Å². The van der Waals surface area contributed by atoms with Crippen LogP contribution >= 0.6 is 0 Å². The molecular weight excluding hydrogens is 258 g/mol. The molecule has 7 heteroatoms. The third-order valence-corrected chi connectivity index (χ3v) is 2.97. The van der Waals surface area contributed by atoms with Gasteiger partial charge in [0, 0.05) is 12.1 Å². The number of likely N-dealkylation sites (N-methyl/N-ethyl adjacent to an activating group) is 1. The first kappa shape index (κ1) is 16.4. The number of nitrogens with one attached hydrogen (secondary N) is 1. The van der Waals surface area contributed by atoms with Crippen molar-refractivity contribution in [3.63, 3.8) is 0 Å². The fourth-order valence-corrected chi connectivity index (χ4v) is 1.20. The largest absolute Gasteiger partial charge is 0.464 e. The molecule has 0 spiro atoms. The maximum absolute atomic E-state index is 5.68. The number of ether oxygens (including phenoxy) is 2. The highest BCUT2D eigenvalue weighted by atomic mass is 16.5. The summed E-state index contributed by atoms with van der Waals surface area (Å²) in [5.74, 6) is 0.462. The van der Waals surface area contributed by atoms with Gasteiger partial charge in [-0.3, -0.25) is 0 Å². The summed E-state index contributed by atoms with van der Waals surface area (Å²) in [5, 5.41) is 3.03. The number of hydrogen-bond donors (Lipinski definition) is 1. The molecule has 0 saturated heterocycles. The molecule has 0 aliphatic carbocycles. The van der Waals surface area contributed by atoms with E-state index in [1.807, 2.05) is 27.9 Å². The highest BCUT2D eigenvalue weighted by Crippen LogP contribution is 2.16. The molecule has 0 aromatic carbocycles. The molecular formula is C13H25N5O2. The van der Waals surface area contributed by atoms with Crippen molar-refractivity contribution < 1.29 is 9.47 Å². The van der Waals surface area contributed by atoms with Crippen LogP contribution in [0, 0.1) is 0 Å². The summed E-state index contributed by atoms with van der Waals surface area (Å²) in [5.41, 5.74) is -0.114. The van der Waals surface area contributed by atoms with E-state index in [0.717, 1.165) is 6.54 Å². The first-order valence-corrected chi connectivity index (χ1v) is 6.82. The summed E-state index contributed by atoms with van der Waals surface area (Å²) >= 11 is 0. The van der Waals surface area contributed by atoms with E-state index in [4.69, 9.17) is 9.47 Å². The van der Waals surface area contributed by atoms with E-state index in [-0.39, 0.29) is 17.6 Å². The molecule has 0 radical (unpaired) electrons. The number of aromatic nitrogens is 3. The lowest BCUT2D eigenvalue weighted by atomic mass is 10.1. The maximum atomic E-state index is 5.68. The highest BCUT2D eigenvalue weighted by molar-refractivity contribution is 5.27. The van der Waals surface area contributed by atoms with Gasteiger partial charge in [-0.15, -0.1) is 4.98 Å². The second kappa shape index (κ2) is 7.23. The zero-order valence-electron chi connectivity index (χ0n) is 13.2. The predicted molar refractivity (Wildman–Crippen MR) is 78.4 cm³/mol. The lowest BCUT2D eigenvalue weighted by Crippen LogP contribution is -2.43. The van der Waals surface area contributed by atoms with Crippen LogP contribution in [0.5, 0.6) is 12.0 Å². The van der Waals surface area contributed by atoms with Crippen molar-refractivity contribution >= 4 is 5.95 Å². The lowest BCUT2D eigenvalue weighted by molar-refractivity contribution is 0.107. The molecule has 1 heterocycles. The first-order chi connectivity index (χ1) is 9.39. The monoisotopic (exact) mass is 283 g/mol. The van der Waals surface area contributed by atoms with Crippen molar-refractivity contribution in [3.8, 4) is 12.0 Å². The van der Waals surface area contributed by atoms with Gasteiger partial charge in [0.15, 0.2) is 0 Å². The molecule has 0 aliphatic heterocycles. The number of hydrogen-bond acceptors (Lipinski definition) is 7. The average Bonchev–Trinajstić information content (AvgIpc) is 2.37. The SMILES string of the molecule is CCNc1nc(OCC)nc(OCC(C)(C)N(C)C)n1. The van der Waals surface area contributed by atoms with Crippen LogP contribution in [-0.4, -0.2) is 59.2 Å². The van der Waals surface area contributed by atoms with Crippen molar-refractivity contribution in [3.05, 3.63) is 0 Å². The van der Waals surface area contributed by atoms with Gasteiger partial charge in [0.25, 0.3) is 0 Å². The summed E-state index contributed by atoms with van der Waals surface area (Å²) in [6.07, 6.45) is 0. The zero-order chi connectivity index (χ0) is 15.2. The van der Waals surface area contributed by atoms with E-state index >= 15 is 0 Å². The minimum absolute atomic E-state index is 0.114. The molecule has 0 unspecified atom stereocenters. The Labute approximate surface area is 120 Å². The average molecular weight is 283 g/mol. The van der Waals surface area contributed by atoms with Gasteiger partial charge in [-0.2, -0.15) is 9.97 Å². The van der Waals surface area contributed by atoms with Crippen molar-refractivity contribution in [2.24, 2.45) is 0 Å². The van der Waals surface area contributed by atoms with E-state index in [9.17, 15) is 0 Å². The summed E-state index contributed by atoms with van der Waals surface area (Å²) in [6, 6.07) is 0.547. The Morgan fingerprint density at radius 1 is 1.05 bits per heavy atom. The van der Waals surface area contributed by atoms with Crippen LogP contribution < -0.4 is 14.8 Å². The quantitative estimate of drug-likeness (QED) is 0.773. The first-order valence-electron chi connectivity index (χ1n) is 6.82. The van der Waals surface area contributed by atoms with E-state index in [1.54, 1.807) is 0 Å². The van der Waals surface area contributed by atoms with Gasteiger partial charge in [-0.25, -0.2) is 0 Å². The van der Waals surface area contributed by atoms with Gasteiger partial charge in [0.2, 0.25) is 5.95 Å². The zero-order valence-corrected chi connectivity index (χ0v) is 13.2. The molecule has 20 heavy (non-hydrogen) atoms. The third kappa shape index (κ3) is 4.80. The van der Waals surface area contributed by atoms with Crippen LogP contribution in [0.4, 0.5) is 5.95 Å². The lowest BCUT2D eigenvalue weighted by Gasteiger charge is -2.31. The Kier molecular flexibility index (Phi) is 5.94. The van der Waals surface area contributed by atoms with Crippen LogP contribution in [0.2, 0.25) is 0 Å². The minimum Gasteiger partial charge on any atom is -0.464 e. The van der Waals surface area contributed by atoms with Crippen LogP contribution in [0.25, 0.3) is 0 Å². The molecule has 1 aromatic heterocycles. The van der Waals surface area contributed by atoms with Gasteiger partial charge in [-0.05, 0) is 41.8 Å². The standard InChI is InChI=1S/C13H25N5O2/c1-7-14-10-15-11(19-8-2)17-12(16-10)20-9-13(3,4)18(5)6/h7-9H2,1-6H3,(H,14,15,16,17). The third-order valence-electron chi connectivity index (χ3n) is 2.97. The highest BCUT2D eigenvalue weighted by Gasteiger charge is 2.22. The van der Waals surface area contributed by atoms with Crippen LogP contribution in [0.3, 0.4) is 0 Å². The normalized spacial score (nSPS) is 11.6. The topological polar surface area (TPSA) is 72.4 Å². The number of rotatable bonds is 8. The van der Waals surface area contributed by atoms with Gasteiger partial charge in [0.05, 0.1) is 6.61 Å². The summed E-state index contributed by atoms with van der Waals surface area (Å²) < 4.78 is 11.0. The Hall–Kier alpha value is -1.63. The van der Waals surface area contributed by atoms with E-state index < -0.39 is 0 Å². The molecule has 0 aliphatic rings. The van der Waals surface area contributed by atoms with Crippen molar-refractivity contribution in [1.29, 1.82) is 0 Å². The Morgan fingerprint density at radius 3 is 2.15 bits per heavy atom. The minimum atomic E-state index is -0.114. The van der Waals surface area contributed by atoms with Crippen molar-refractivity contribution in [1.82, 2.24) is 19.9 Å². The second-order valence-corrected chi connectivity index (χ2v) is 5.18. The van der Waals surface area contributed by atoms with Crippen LogP contribution in [-0.2, 0) is 0 Å². The van der Waals surface area contributed by atoms with Gasteiger partial charge >= 0.3 is 12.0 Å². The predicted octanol–water partition coefficient (Wildman–Crippen LogP) is 1.42. The van der Waals surface area contributed by atoms with Crippen molar-refractivity contribution in [2.75, 3.05) is 39.2 Å². The molecule has 0 fully saturated rings. The van der Waals surface area contributed by atoms with Crippen LogP contribution in [0.15, 0.2) is 0 Å². The van der Waals surface area contributed by atoms with E-state index in [1.165, 1.54) is 0 Å². The van der Waals surface area contributed by atoms with Crippen LogP contribution in [0.1, 0.15) is 27.7 Å². The van der Waals surface area contributed by atoms with E-state index in [0.29, 0.717) is 19.2 Å². The molecule has 0 amide bonds. The fraction of sp³-hybridized carbons (Fsp3) is 0.769. The van der Waals surface area contributed by atoms with Gasteiger partial charge in [-0.1, -0.05) is 0 Å². The Bertz CT molecular complexity index is 399. The summed E-state index contributed by atoms with van der Waals surface area (Å²) in [7, 11) is 4.01. The molecule has 0 atom stereocenters. The Balaban J connectivity index is 2.82. The smallest absolute Gasteiger partial charge is 0.324 e. The Morgan fingerprint density at radius 2 is 1.65 bits per heavy atom. The van der Waals surface area contributed by atoms with Gasteiger partial charge < -0.3 is 19.7 Å². The maximum Gasteiger partial charge on any atom is 0.324 e. The summed E-state index contributed by atoms with van der Waals surface area (Å²) in [4.78, 5) is 14.6. The summed E-state index contributed by atoms with van der Waals surface area (Å²) in [6.45, 7) is 9.72. The molecule has 114 valence electrons. The number of nitrogens with zero attached hydrogens (tertiary/aromatic N) is 4. The number of anilines is 1. The van der Waals surface area contributed by atoms with Crippen molar-refractivity contribution in [2.45, 2.75) is 33.2 Å². The molecule has 0 bridgehead atoms. The van der Waals surface area contributed by atoms with Gasteiger partial charge in [0.1, 0.15) is 6.61 Å². The second-order valence-electron chi connectivity index (χ2n) is 5.18. The molecule has 7 nitrogen and oxygen atoms in total.